The van der Waals surface area contributed by atoms with Gasteiger partial charge in [0.1, 0.15) is 6.04 Å². The summed E-state index contributed by atoms with van der Waals surface area (Å²) in [5.74, 6) is -0.199. The number of nitrogens with one attached hydrogen (secondary N) is 2. The third-order valence-electron chi connectivity index (χ3n) is 3.07. The molecule has 2 N–H and O–H groups in total. The van der Waals surface area contributed by atoms with Gasteiger partial charge in [-0.1, -0.05) is 6.92 Å². The van der Waals surface area contributed by atoms with Gasteiger partial charge in [-0.15, -0.1) is 11.3 Å². The van der Waals surface area contributed by atoms with Crippen LogP contribution in [-0.2, 0) is 11.2 Å². The van der Waals surface area contributed by atoms with Crippen LogP contribution in [0.3, 0.4) is 0 Å². The largest absolute Gasteiger partial charge is 0.354 e. The monoisotopic (exact) mass is 266 g/mol. The topological polar surface area (TPSA) is 58.2 Å². The van der Waals surface area contributed by atoms with Crippen LogP contribution in [0, 0.1) is 0 Å². The number of hydrogen-bond acceptors (Lipinski definition) is 3. The van der Waals surface area contributed by atoms with Crippen LogP contribution in [0.25, 0.3) is 0 Å². The van der Waals surface area contributed by atoms with Crippen LogP contribution in [0.5, 0.6) is 0 Å². The zero-order valence-corrected chi connectivity index (χ0v) is 11.3. The maximum atomic E-state index is 12.0. The van der Waals surface area contributed by atoms with E-state index < -0.39 is 0 Å². The number of rotatable bonds is 3. The Kier molecular flexibility index (Phi) is 4.36. The molecule has 2 heterocycles. The Bertz CT molecular complexity index is 442. The van der Waals surface area contributed by atoms with Gasteiger partial charge in [-0.25, -0.2) is 0 Å². The molecule has 0 aliphatic carbocycles. The standard InChI is InChI=1S/C13H18N2O2S/c1-2-9-6-7-11(18-9)13(17)15-10-5-3-4-8-14-12(10)16/h6-7,10H,2-5,8H2,1H3,(H,14,16)(H,15,17). The van der Waals surface area contributed by atoms with E-state index in [0.717, 1.165) is 25.7 Å². The van der Waals surface area contributed by atoms with E-state index in [1.54, 1.807) is 0 Å². The fourth-order valence-electron chi connectivity index (χ4n) is 2.00. The van der Waals surface area contributed by atoms with E-state index in [9.17, 15) is 9.59 Å². The summed E-state index contributed by atoms with van der Waals surface area (Å²) < 4.78 is 0. The maximum absolute atomic E-state index is 12.0. The molecule has 1 unspecified atom stereocenters. The molecule has 2 rings (SSSR count). The first-order chi connectivity index (χ1) is 8.70. The number of hydrogen-bond donors (Lipinski definition) is 2. The highest BCUT2D eigenvalue weighted by molar-refractivity contribution is 7.14. The molecule has 1 aromatic rings. The lowest BCUT2D eigenvalue weighted by Gasteiger charge is -2.14. The summed E-state index contributed by atoms with van der Waals surface area (Å²) in [7, 11) is 0. The lowest BCUT2D eigenvalue weighted by atomic mass is 10.1. The molecule has 0 aromatic carbocycles. The molecule has 1 aromatic heterocycles. The molecule has 1 saturated heterocycles. The molecular weight excluding hydrogens is 248 g/mol. The molecule has 0 saturated carbocycles. The van der Waals surface area contributed by atoms with Gasteiger partial charge < -0.3 is 10.6 Å². The predicted octanol–water partition coefficient (Wildman–Crippen LogP) is 1.71. The Morgan fingerprint density at radius 2 is 2.33 bits per heavy atom. The Morgan fingerprint density at radius 3 is 3.06 bits per heavy atom. The minimum Gasteiger partial charge on any atom is -0.354 e. The molecule has 0 bridgehead atoms. The first kappa shape index (κ1) is 13.1. The molecule has 0 radical (unpaired) electrons. The van der Waals surface area contributed by atoms with Crippen molar-refractivity contribution in [3.8, 4) is 0 Å². The van der Waals surface area contributed by atoms with Gasteiger partial charge in [0, 0.05) is 11.4 Å². The van der Waals surface area contributed by atoms with Crippen LogP contribution < -0.4 is 10.6 Å². The van der Waals surface area contributed by atoms with E-state index in [1.807, 2.05) is 12.1 Å². The van der Waals surface area contributed by atoms with Crippen molar-refractivity contribution >= 4 is 23.2 Å². The second-order valence-electron chi connectivity index (χ2n) is 4.43. The third-order valence-corrected chi connectivity index (χ3v) is 4.30. The van der Waals surface area contributed by atoms with E-state index >= 15 is 0 Å². The van der Waals surface area contributed by atoms with Gasteiger partial charge in [-0.05, 0) is 37.8 Å². The molecule has 18 heavy (non-hydrogen) atoms. The SMILES string of the molecule is CCc1ccc(C(=O)NC2CCCCNC2=O)s1. The molecule has 2 amide bonds. The van der Waals surface area contributed by atoms with Gasteiger partial charge in [0.15, 0.2) is 0 Å². The van der Waals surface area contributed by atoms with E-state index in [4.69, 9.17) is 0 Å². The smallest absolute Gasteiger partial charge is 0.262 e. The molecule has 0 spiro atoms. The molecule has 1 atom stereocenters. The predicted molar refractivity (Wildman–Crippen MR) is 71.8 cm³/mol. The average Bonchev–Trinajstić information content (AvgIpc) is 2.77. The summed E-state index contributed by atoms with van der Waals surface area (Å²) in [4.78, 5) is 25.6. The van der Waals surface area contributed by atoms with Crippen molar-refractivity contribution in [2.75, 3.05) is 6.54 Å². The summed E-state index contributed by atoms with van der Waals surface area (Å²) in [5, 5.41) is 5.64. The molecule has 1 fully saturated rings. The van der Waals surface area contributed by atoms with Crippen molar-refractivity contribution in [1.82, 2.24) is 10.6 Å². The van der Waals surface area contributed by atoms with Crippen LogP contribution >= 0.6 is 11.3 Å². The molecule has 98 valence electrons. The highest BCUT2D eigenvalue weighted by Crippen LogP contribution is 2.17. The molecular formula is C13H18N2O2S. The number of carbonyl (C=O) groups is 2. The summed E-state index contributed by atoms with van der Waals surface area (Å²) >= 11 is 1.49. The van der Waals surface area contributed by atoms with Crippen molar-refractivity contribution in [2.45, 2.75) is 38.6 Å². The van der Waals surface area contributed by atoms with Crippen LogP contribution in [0.2, 0.25) is 0 Å². The van der Waals surface area contributed by atoms with E-state index in [0.29, 0.717) is 11.4 Å². The zero-order chi connectivity index (χ0) is 13.0. The zero-order valence-electron chi connectivity index (χ0n) is 10.5. The van der Waals surface area contributed by atoms with Gasteiger partial charge in [0.25, 0.3) is 5.91 Å². The summed E-state index contributed by atoms with van der Waals surface area (Å²) in [5.41, 5.74) is 0. The van der Waals surface area contributed by atoms with Crippen LogP contribution in [0.4, 0.5) is 0 Å². The Labute approximate surface area is 111 Å². The summed E-state index contributed by atoms with van der Waals surface area (Å²) in [6.07, 6.45) is 3.61. The van der Waals surface area contributed by atoms with Crippen molar-refractivity contribution < 1.29 is 9.59 Å². The number of aryl methyl sites for hydroxylation is 1. The fourth-order valence-corrected chi connectivity index (χ4v) is 2.85. The lowest BCUT2D eigenvalue weighted by Crippen LogP contribution is -2.45. The van der Waals surface area contributed by atoms with Crippen molar-refractivity contribution in [3.05, 3.63) is 21.9 Å². The van der Waals surface area contributed by atoms with Crippen molar-refractivity contribution in [1.29, 1.82) is 0 Å². The minimum atomic E-state index is -0.382. The highest BCUT2D eigenvalue weighted by atomic mass is 32.1. The van der Waals surface area contributed by atoms with Gasteiger partial charge >= 0.3 is 0 Å². The van der Waals surface area contributed by atoms with Gasteiger partial charge in [-0.3, -0.25) is 9.59 Å². The maximum Gasteiger partial charge on any atom is 0.262 e. The highest BCUT2D eigenvalue weighted by Gasteiger charge is 2.23. The Hall–Kier alpha value is -1.36. The van der Waals surface area contributed by atoms with Crippen molar-refractivity contribution in [3.63, 3.8) is 0 Å². The third kappa shape index (κ3) is 3.10. The Balaban J connectivity index is 1.99. The number of carbonyl (C=O) groups excluding carboxylic acids is 2. The quantitative estimate of drug-likeness (QED) is 0.875. The van der Waals surface area contributed by atoms with E-state index in [1.165, 1.54) is 16.2 Å². The second-order valence-corrected chi connectivity index (χ2v) is 5.60. The molecule has 4 nitrogen and oxygen atoms in total. The van der Waals surface area contributed by atoms with E-state index in [-0.39, 0.29) is 17.9 Å². The van der Waals surface area contributed by atoms with Crippen molar-refractivity contribution in [2.24, 2.45) is 0 Å². The fraction of sp³-hybridized carbons (Fsp3) is 0.538. The second kappa shape index (κ2) is 6.00. The molecule has 1 aliphatic rings. The van der Waals surface area contributed by atoms with E-state index in [2.05, 4.69) is 17.6 Å². The van der Waals surface area contributed by atoms with Crippen LogP contribution in [0.1, 0.15) is 40.7 Å². The molecule has 5 heteroatoms. The molecule has 1 aliphatic heterocycles. The van der Waals surface area contributed by atoms with Gasteiger partial charge in [0.2, 0.25) is 5.91 Å². The average molecular weight is 266 g/mol. The number of thiophene rings is 1. The first-order valence-electron chi connectivity index (χ1n) is 6.38. The lowest BCUT2D eigenvalue weighted by molar-refractivity contribution is -0.122. The normalized spacial score (nSPS) is 20.1. The summed E-state index contributed by atoms with van der Waals surface area (Å²) in [6, 6.07) is 3.41. The van der Waals surface area contributed by atoms with Crippen LogP contribution in [0.15, 0.2) is 12.1 Å². The van der Waals surface area contributed by atoms with Gasteiger partial charge in [0.05, 0.1) is 4.88 Å². The van der Waals surface area contributed by atoms with Crippen LogP contribution in [-0.4, -0.2) is 24.4 Å². The first-order valence-corrected chi connectivity index (χ1v) is 7.19. The minimum absolute atomic E-state index is 0.0619. The van der Waals surface area contributed by atoms with Gasteiger partial charge in [-0.2, -0.15) is 0 Å². The summed E-state index contributed by atoms with van der Waals surface area (Å²) in [6.45, 7) is 2.77. The Morgan fingerprint density at radius 1 is 1.50 bits per heavy atom. The number of amides is 2.